The normalized spacial score (nSPS) is 38.2. The molecule has 33 heavy (non-hydrogen) atoms. The minimum absolute atomic E-state index is 0.0447. The first kappa shape index (κ1) is 24.5. The number of carbonyl (C=O) groups excluding carboxylic acids is 2. The van der Waals surface area contributed by atoms with Gasteiger partial charge in [-0.05, 0) is 68.6 Å². The first-order valence-corrected chi connectivity index (χ1v) is 12.6. The molecule has 2 bridgehead atoms. The lowest BCUT2D eigenvalue weighted by Gasteiger charge is -2.42. The number of ether oxygens (including phenoxy) is 2. The van der Waals surface area contributed by atoms with E-state index in [2.05, 4.69) is 4.74 Å². The Morgan fingerprint density at radius 2 is 1.45 bits per heavy atom. The number of fused-ring (bicyclic) bond motifs is 3. The molecular weight excluding hydrogens is 466 g/mol. The minimum atomic E-state index is -5.91. The van der Waals surface area contributed by atoms with Crippen molar-refractivity contribution in [2.45, 2.75) is 68.7 Å². The largest absolute Gasteiger partial charge is 0.465 e. The van der Waals surface area contributed by atoms with Crippen LogP contribution in [0.2, 0.25) is 0 Å². The lowest BCUT2D eigenvalue weighted by Crippen LogP contribution is -2.43. The molecule has 4 aliphatic carbocycles. The molecule has 186 valence electrons. The third-order valence-corrected chi connectivity index (χ3v) is 8.59. The second-order valence-corrected chi connectivity index (χ2v) is 11.2. The summed E-state index contributed by atoms with van der Waals surface area (Å²) in [5.41, 5.74) is 0. The Labute approximate surface area is 189 Å². The van der Waals surface area contributed by atoms with Gasteiger partial charge in [0, 0.05) is 5.92 Å². The fourth-order valence-corrected chi connectivity index (χ4v) is 6.44. The zero-order valence-corrected chi connectivity index (χ0v) is 18.6. The van der Waals surface area contributed by atoms with Gasteiger partial charge in [-0.2, -0.15) is 17.2 Å². The highest BCUT2D eigenvalue weighted by molar-refractivity contribution is 7.87. The molecule has 4 aliphatic rings. The van der Waals surface area contributed by atoms with Crippen molar-refractivity contribution in [3.8, 4) is 0 Å². The van der Waals surface area contributed by atoms with Crippen LogP contribution >= 0.6 is 0 Å². The van der Waals surface area contributed by atoms with Crippen molar-refractivity contribution in [3.05, 3.63) is 12.2 Å². The number of alkyl halides is 2. The fraction of sp³-hybridized carbons (Fsp3) is 0.810. The summed E-state index contributed by atoms with van der Waals surface area (Å²) in [5.74, 6) is -3.80. The van der Waals surface area contributed by atoms with E-state index in [0.717, 1.165) is 0 Å². The maximum Gasteiger partial charge on any atom is 0.465 e. The molecule has 0 aromatic carbocycles. The van der Waals surface area contributed by atoms with Gasteiger partial charge in [-0.25, -0.2) is 4.79 Å². The second kappa shape index (κ2) is 8.86. The van der Waals surface area contributed by atoms with Gasteiger partial charge in [-0.15, -0.1) is 0 Å². The van der Waals surface area contributed by atoms with Crippen LogP contribution in [-0.2, 0) is 29.2 Å². The summed E-state index contributed by atoms with van der Waals surface area (Å²) in [6, 6.07) is 0. The third-order valence-electron chi connectivity index (χ3n) is 7.77. The quantitative estimate of drug-likeness (QED) is 0.217. The summed E-state index contributed by atoms with van der Waals surface area (Å²) in [5, 5.41) is 14.4. The van der Waals surface area contributed by atoms with E-state index < -0.39 is 51.5 Å². The molecule has 0 saturated heterocycles. The Morgan fingerprint density at radius 3 is 2.00 bits per heavy atom. The van der Waals surface area contributed by atoms with Crippen LogP contribution in [0.4, 0.5) is 8.78 Å². The van der Waals surface area contributed by atoms with Crippen molar-refractivity contribution in [2.75, 3.05) is 0 Å². The molecule has 0 amide bonds. The molecule has 0 aromatic heterocycles. The van der Waals surface area contributed by atoms with E-state index in [0.29, 0.717) is 32.1 Å². The maximum atomic E-state index is 13.4. The Hall–Kier alpha value is -1.63. The van der Waals surface area contributed by atoms with E-state index >= 15 is 0 Å². The Balaban J connectivity index is 1.29. The number of aliphatic hydroxyl groups excluding tert-OH is 1. The molecule has 4 rings (SSSR count). The molecule has 9 nitrogen and oxygen atoms in total. The van der Waals surface area contributed by atoms with Gasteiger partial charge in [0.05, 0.1) is 5.92 Å². The second-order valence-electron chi connectivity index (χ2n) is 9.69. The maximum absolute atomic E-state index is 13.4. The van der Waals surface area contributed by atoms with Crippen molar-refractivity contribution in [1.29, 1.82) is 0 Å². The molecule has 0 spiro atoms. The van der Waals surface area contributed by atoms with Crippen molar-refractivity contribution < 1.29 is 51.0 Å². The van der Waals surface area contributed by atoms with Crippen LogP contribution in [0.5, 0.6) is 0 Å². The molecule has 8 unspecified atom stereocenters. The molecule has 3 fully saturated rings. The van der Waals surface area contributed by atoms with Crippen molar-refractivity contribution in [3.63, 3.8) is 0 Å². The van der Waals surface area contributed by atoms with Gasteiger partial charge in [-0.3, -0.25) is 9.35 Å². The van der Waals surface area contributed by atoms with E-state index in [9.17, 15) is 37.0 Å². The standard InChI is InChI=1S/C21H28F2O9S/c22-21(23,33(28,29)30)20(27)32-15-6-4-10-8-14(5-3-11(10)9-15)31-19(26)17-13-2-1-12(7-13)16(17)18(24)25/h1-2,10-18,24-25H,3-9H2,(H,28,29,30). The number of hydrogen-bond acceptors (Lipinski definition) is 8. The van der Waals surface area contributed by atoms with E-state index in [4.69, 9.17) is 9.29 Å². The summed E-state index contributed by atoms with van der Waals surface area (Å²) < 4.78 is 67.3. The van der Waals surface area contributed by atoms with Crippen LogP contribution in [0.25, 0.3) is 0 Å². The van der Waals surface area contributed by atoms with Crippen LogP contribution in [0.1, 0.15) is 44.9 Å². The summed E-state index contributed by atoms with van der Waals surface area (Å²) in [6.45, 7) is 0. The minimum Gasteiger partial charge on any atom is -0.462 e. The third kappa shape index (κ3) is 4.67. The van der Waals surface area contributed by atoms with Crippen molar-refractivity contribution in [2.24, 2.45) is 35.5 Å². The van der Waals surface area contributed by atoms with Crippen LogP contribution < -0.4 is 0 Å². The van der Waals surface area contributed by atoms with E-state index in [1.54, 1.807) is 0 Å². The molecule has 3 saturated carbocycles. The van der Waals surface area contributed by atoms with Gasteiger partial charge in [-0.1, -0.05) is 12.2 Å². The Kier molecular flexibility index (Phi) is 6.58. The van der Waals surface area contributed by atoms with Crippen molar-refractivity contribution in [1.82, 2.24) is 0 Å². The summed E-state index contributed by atoms with van der Waals surface area (Å²) in [6.07, 6.45) is 4.55. The van der Waals surface area contributed by atoms with Gasteiger partial charge < -0.3 is 19.7 Å². The van der Waals surface area contributed by atoms with Crippen LogP contribution in [0.3, 0.4) is 0 Å². The molecule has 0 radical (unpaired) electrons. The molecule has 8 atom stereocenters. The Morgan fingerprint density at radius 1 is 0.909 bits per heavy atom. The highest BCUT2D eigenvalue weighted by atomic mass is 32.2. The number of rotatable bonds is 6. The predicted molar refractivity (Wildman–Crippen MR) is 107 cm³/mol. The number of esters is 2. The van der Waals surface area contributed by atoms with Gasteiger partial charge in [0.2, 0.25) is 0 Å². The van der Waals surface area contributed by atoms with E-state index in [-0.39, 0.29) is 42.6 Å². The predicted octanol–water partition coefficient (Wildman–Crippen LogP) is 1.64. The number of hydrogen-bond donors (Lipinski definition) is 3. The summed E-state index contributed by atoms with van der Waals surface area (Å²) in [4.78, 5) is 24.4. The first-order chi connectivity index (χ1) is 15.4. The first-order valence-electron chi connectivity index (χ1n) is 11.2. The smallest absolute Gasteiger partial charge is 0.462 e. The molecule has 0 aromatic rings. The molecular formula is C21H28F2O9S. The van der Waals surface area contributed by atoms with Crippen LogP contribution in [0, 0.1) is 35.5 Å². The van der Waals surface area contributed by atoms with Gasteiger partial charge in [0.25, 0.3) is 0 Å². The number of aliphatic hydroxyl groups is 2. The van der Waals surface area contributed by atoms with Gasteiger partial charge in [0.15, 0.2) is 6.29 Å². The molecule has 12 heteroatoms. The highest BCUT2D eigenvalue weighted by Gasteiger charge is 2.55. The zero-order chi connectivity index (χ0) is 24.1. The number of carbonyl (C=O) groups is 2. The lowest BCUT2D eigenvalue weighted by atomic mass is 9.69. The number of allylic oxidation sites excluding steroid dienone is 2. The molecule has 0 aliphatic heterocycles. The van der Waals surface area contributed by atoms with Gasteiger partial charge in [0.1, 0.15) is 12.2 Å². The van der Waals surface area contributed by atoms with Crippen molar-refractivity contribution >= 4 is 22.1 Å². The van der Waals surface area contributed by atoms with Crippen LogP contribution in [-0.4, -0.2) is 58.9 Å². The monoisotopic (exact) mass is 494 g/mol. The highest BCUT2D eigenvalue weighted by Crippen LogP contribution is 2.50. The Bertz CT molecular complexity index is 919. The fourth-order valence-electron chi connectivity index (χ4n) is 6.18. The van der Waals surface area contributed by atoms with Gasteiger partial charge >= 0.3 is 27.3 Å². The zero-order valence-electron chi connectivity index (χ0n) is 17.8. The average Bonchev–Trinajstić information content (AvgIpc) is 3.34. The van der Waals surface area contributed by atoms with Crippen LogP contribution in [0.15, 0.2) is 12.2 Å². The summed E-state index contributed by atoms with van der Waals surface area (Å²) >= 11 is 0. The van der Waals surface area contributed by atoms with E-state index in [1.807, 2.05) is 12.2 Å². The number of halogens is 2. The topological polar surface area (TPSA) is 147 Å². The van der Waals surface area contributed by atoms with E-state index in [1.165, 1.54) is 0 Å². The SMILES string of the molecule is O=C(OC1CCC2CC(OC(=O)C(F)(F)S(=O)(=O)O)CCC2C1)C1C2C=CC(C2)C1C(O)O. The molecule has 0 heterocycles. The lowest BCUT2D eigenvalue weighted by molar-refractivity contribution is -0.174. The average molecular weight is 495 g/mol. The molecule has 3 N–H and O–H groups in total. The summed E-state index contributed by atoms with van der Waals surface area (Å²) in [7, 11) is -5.91.